The quantitative estimate of drug-likeness (QED) is 0.718. The molecule has 2 aromatic rings. The fourth-order valence-electron chi connectivity index (χ4n) is 1.73. The molecule has 1 heterocycles. The molecule has 8 heteroatoms. The Morgan fingerprint density at radius 2 is 2.14 bits per heavy atom. The minimum Gasteiger partial charge on any atom is -0.387 e. The molecule has 8 nitrogen and oxygen atoms in total. The molecule has 0 radical (unpaired) electrons. The molecule has 1 aromatic carbocycles. The minimum atomic E-state index is -0.752. The number of carbonyl (C=O) groups is 2. The number of benzene rings is 1. The van der Waals surface area contributed by atoms with E-state index in [1.807, 2.05) is 0 Å². The lowest BCUT2D eigenvalue weighted by Gasteiger charge is -2.08. The standard InChI is InChI=1S/C13H15N5O3/c1-8(19)11-6-18(17-16-11)7-12(20)15-10-5-3-2-4-9(10)13(14)21/h2-6,8,19H,7H2,1H3,(H2,14,21)(H,15,20). The summed E-state index contributed by atoms with van der Waals surface area (Å²) in [6.45, 7) is 1.46. The van der Waals surface area contributed by atoms with Gasteiger partial charge >= 0.3 is 0 Å². The summed E-state index contributed by atoms with van der Waals surface area (Å²) >= 11 is 0. The van der Waals surface area contributed by atoms with E-state index in [0.717, 1.165) is 0 Å². The second kappa shape index (κ2) is 6.14. The monoisotopic (exact) mass is 289 g/mol. The smallest absolute Gasteiger partial charge is 0.250 e. The largest absolute Gasteiger partial charge is 0.387 e. The van der Waals surface area contributed by atoms with E-state index in [1.54, 1.807) is 25.1 Å². The number of hydrogen-bond donors (Lipinski definition) is 3. The maximum atomic E-state index is 11.9. The van der Waals surface area contributed by atoms with Crippen LogP contribution >= 0.6 is 0 Å². The zero-order valence-electron chi connectivity index (χ0n) is 11.4. The van der Waals surface area contributed by atoms with Crippen molar-refractivity contribution in [2.24, 2.45) is 5.73 Å². The van der Waals surface area contributed by atoms with E-state index in [-0.39, 0.29) is 18.0 Å². The Balaban J connectivity index is 2.06. The van der Waals surface area contributed by atoms with Gasteiger partial charge in [-0.05, 0) is 19.1 Å². The van der Waals surface area contributed by atoms with E-state index in [9.17, 15) is 14.7 Å². The number of nitrogens with zero attached hydrogens (tertiary/aromatic N) is 3. The number of primary amides is 1. The van der Waals surface area contributed by atoms with Crippen molar-refractivity contribution in [2.45, 2.75) is 19.6 Å². The molecular formula is C13H15N5O3. The number of nitrogens with one attached hydrogen (secondary N) is 1. The van der Waals surface area contributed by atoms with Gasteiger partial charge in [0.05, 0.1) is 23.6 Å². The predicted molar refractivity (Wildman–Crippen MR) is 74.2 cm³/mol. The van der Waals surface area contributed by atoms with Crippen molar-refractivity contribution in [2.75, 3.05) is 5.32 Å². The molecule has 0 bridgehead atoms. The van der Waals surface area contributed by atoms with Crippen LogP contribution in [0.2, 0.25) is 0 Å². The molecule has 0 spiro atoms. The van der Waals surface area contributed by atoms with Gasteiger partial charge in [0.15, 0.2) is 0 Å². The highest BCUT2D eigenvalue weighted by Gasteiger charge is 2.12. The number of nitrogens with two attached hydrogens (primary N) is 1. The normalized spacial score (nSPS) is 11.9. The maximum absolute atomic E-state index is 11.9. The van der Waals surface area contributed by atoms with Gasteiger partial charge in [0.1, 0.15) is 12.2 Å². The van der Waals surface area contributed by atoms with Crippen LogP contribution in [0.5, 0.6) is 0 Å². The molecule has 1 aromatic heterocycles. The van der Waals surface area contributed by atoms with Gasteiger partial charge in [0.2, 0.25) is 5.91 Å². The first-order valence-corrected chi connectivity index (χ1v) is 6.24. The van der Waals surface area contributed by atoms with Gasteiger partial charge < -0.3 is 16.2 Å². The number of hydrogen-bond acceptors (Lipinski definition) is 5. The molecule has 21 heavy (non-hydrogen) atoms. The summed E-state index contributed by atoms with van der Waals surface area (Å²) in [6, 6.07) is 6.45. The molecule has 0 aliphatic carbocycles. The van der Waals surface area contributed by atoms with Crippen LogP contribution in [-0.2, 0) is 11.3 Å². The number of amides is 2. The Morgan fingerprint density at radius 3 is 2.76 bits per heavy atom. The van der Waals surface area contributed by atoms with Gasteiger partial charge in [-0.15, -0.1) is 5.10 Å². The van der Waals surface area contributed by atoms with E-state index >= 15 is 0 Å². The number of aliphatic hydroxyl groups is 1. The zero-order valence-corrected chi connectivity index (χ0v) is 11.4. The van der Waals surface area contributed by atoms with Crippen LogP contribution in [0.4, 0.5) is 5.69 Å². The van der Waals surface area contributed by atoms with Crippen molar-refractivity contribution >= 4 is 17.5 Å². The van der Waals surface area contributed by atoms with Gasteiger partial charge in [-0.25, -0.2) is 4.68 Å². The highest BCUT2D eigenvalue weighted by Crippen LogP contribution is 2.14. The summed E-state index contributed by atoms with van der Waals surface area (Å²) in [5, 5.41) is 19.4. The highest BCUT2D eigenvalue weighted by molar-refractivity contribution is 6.02. The van der Waals surface area contributed by atoms with E-state index in [4.69, 9.17) is 5.73 Å². The number of para-hydroxylation sites is 1. The second-order valence-electron chi connectivity index (χ2n) is 4.47. The fourth-order valence-corrected chi connectivity index (χ4v) is 1.73. The number of rotatable bonds is 5. The molecule has 0 saturated heterocycles. The van der Waals surface area contributed by atoms with Crippen LogP contribution in [0.3, 0.4) is 0 Å². The lowest BCUT2D eigenvalue weighted by atomic mass is 10.1. The van der Waals surface area contributed by atoms with Gasteiger partial charge in [0, 0.05) is 0 Å². The van der Waals surface area contributed by atoms with Crippen LogP contribution in [0.15, 0.2) is 30.5 Å². The molecule has 2 amide bonds. The van der Waals surface area contributed by atoms with Gasteiger partial charge in [-0.2, -0.15) is 0 Å². The molecule has 0 fully saturated rings. The van der Waals surface area contributed by atoms with E-state index < -0.39 is 12.0 Å². The van der Waals surface area contributed by atoms with E-state index in [2.05, 4.69) is 15.6 Å². The molecule has 0 aliphatic heterocycles. The maximum Gasteiger partial charge on any atom is 0.250 e. The van der Waals surface area contributed by atoms with E-state index in [1.165, 1.54) is 16.9 Å². The fraction of sp³-hybridized carbons (Fsp3) is 0.231. The first kappa shape index (κ1) is 14.7. The molecular weight excluding hydrogens is 274 g/mol. The Hall–Kier alpha value is -2.74. The van der Waals surface area contributed by atoms with Crippen LogP contribution < -0.4 is 11.1 Å². The highest BCUT2D eigenvalue weighted by atomic mass is 16.3. The molecule has 0 saturated carbocycles. The van der Waals surface area contributed by atoms with Crippen molar-refractivity contribution in [3.05, 3.63) is 41.7 Å². The average Bonchev–Trinajstić information content (AvgIpc) is 2.87. The van der Waals surface area contributed by atoms with Gasteiger partial charge in [-0.3, -0.25) is 9.59 Å². The molecule has 1 atom stereocenters. The summed E-state index contributed by atoms with van der Waals surface area (Å²) in [5.74, 6) is -1.01. The van der Waals surface area contributed by atoms with Crippen LogP contribution in [0, 0.1) is 0 Å². The van der Waals surface area contributed by atoms with Crippen molar-refractivity contribution in [3.63, 3.8) is 0 Å². The van der Waals surface area contributed by atoms with E-state index in [0.29, 0.717) is 11.4 Å². The first-order chi connectivity index (χ1) is 9.97. The summed E-state index contributed by atoms with van der Waals surface area (Å²) in [4.78, 5) is 23.2. The summed E-state index contributed by atoms with van der Waals surface area (Å²) in [5.41, 5.74) is 6.18. The number of aromatic nitrogens is 3. The summed E-state index contributed by atoms with van der Waals surface area (Å²) in [6.07, 6.45) is 0.724. The average molecular weight is 289 g/mol. The molecule has 0 aliphatic rings. The van der Waals surface area contributed by atoms with Crippen LogP contribution in [0.1, 0.15) is 29.1 Å². The zero-order chi connectivity index (χ0) is 15.4. The minimum absolute atomic E-state index is 0.0905. The Labute approximate surface area is 120 Å². The Bertz CT molecular complexity index is 665. The number of aliphatic hydroxyl groups excluding tert-OH is 1. The van der Waals surface area contributed by atoms with Gasteiger partial charge in [-0.1, -0.05) is 17.3 Å². The summed E-state index contributed by atoms with van der Waals surface area (Å²) in [7, 11) is 0. The van der Waals surface area contributed by atoms with Crippen molar-refractivity contribution < 1.29 is 14.7 Å². The number of anilines is 1. The molecule has 4 N–H and O–H groups in total. The van der Waals surface area contributed by atoms with Crippen LogP contribution in [0.25, 0.3) is 0 Å². The predicted octanol–water partition coefficient (Wildman–Crippen LogP) is 0.0690. The first-order valence-electron chi connectivity index (χ1n) is 6.24. The lowest BCUT2D eigenvalue weighted by Crippen LogP contribution is -2.22. The molecule has 110 valence electrons. The lowest BCUT2D eigenvalue weighted by molar-refractivity contribution is -0.116. The summed E-state index contributed by atoms with van der Waals surface area (Å²) < 4.78 is 1.30. The molecule has 1 unspecified atom stereocenters. The topological polar surface area (TPSA) is 123 Å². The van der Waals surface area contributed by atoms with Gasteiger partial charge in [0.25, 0.3) is 5.91 Å². The number of carbonyl (C=O) groups excluding carboxylic acids is 2. The second-order valence-corrected chi connectivity index (χ2v) is 4.47. The third-order valence-corrected chi connectivity index (χ3v) is 2.76. The van der Waals surface area contributed by atoms with Crippen molar-refractivity contribution in [1.29, 1.82) is 0 Å². The van der Waals surface area contributed by atoms with Crippen molar-refractivity contribution in [1.82, 2.24) is 15.0 Å². The van der Waals surface area contributed by atoms with Crippen LogP contribution in [-0.4, -0.2) is 31.9 Å². The third kappa shape index (κ3) is 3.63. The third-order valence-electron chi connectivity index (χ3n) is 2.76. The van der Waals surface area contributed by atoms with Crippen molar-refractivity contribution in [3.8, 4) is 0 Å². The molecule has 2 rings (SSSR count). The SMILES string of the molecule is CC(O)c1cn(CC(=O)Nc2ccccc2C(N)=O)nn1. The Kier molecular flexibility index (Phi) is 4.29. The Morgan fingerprint density at radius 1 is 1.43 bits per heavy atom.